The van der Waals surface area contributed by atoms with Gasteiger partial charge in [0.05, 0.1) is 12.1 Å². The Labute approximate surface area is 90.8 Å². The van der Waals surface area contributed by atoms with E-state index >= 15 is 0 Å². The molecule has 1 heterocycles. The van der Waals surface area contributed by atoms with Crippen molar-refractivity contribution in [2.24, 2.45) is 0 Å². The van der Waals surface area contributed by atoms with Gasteiger partial charge in [-0.25, -0.2) is 0 Å². The molecule has 1 aromatic rings. The number of nitrogens with zero attached hydrogens (tertiary/aromatic N) is 2. The fourth-order valence-electron chi connectivity index (χ4n) is 2.31. The van der Waals surface area contributed by atoms with E-state index in [2.05, 4.69) is 16.9 Å². The fourth-order valence-corrected chi connectivity index (χ4v) is 2.31. The predicted octanol–water partition coefficient (Wildman–Crippen LogP) is 1.82. The zero-order valence-electron chi connectivity index (χ0n) is 9.13. The average Bonchev–Trinajstić information content (AvgIpc) is 2.30. The van der Waals surface area contributed by atoms with Crippen molar-refractivity contribution in [1.82, 2.24) is 4.98 Å². The molecular formula is C12H18N2O. The van der Waals surface area contributed by atoms with Gasteiger partial charge >= 0.3 is 0 Å². The molecule has 1 aliphatic rings. The molecule has 3 heteroatoms. The third kappa shape index (κ3) is 2.29. The van der Waals surface area contributed by atoms with E-state index < -0.39 is 0 Å². The van der Waals surface area contributed by atoms with E-state index in [9.17, 15) is 5.11 Å². The molecule has 1 fully saturated rings. The van der Waals surface area contributed by atoms with Crippen molar-refractivity contribution < 1.29 is 5.11 Å². The van der Waals surface area contributed by atoms with E-state index in [-0.39, 0.29) is 12.1 Å². The van der Waals surface area contributed by atoms with E-state index in [1.807, 2.05) is 12.1 Å². The van der Waals surface area contributed by atoms with Crippen molar-refractivity contribution >= 4 is 5.69 Å². The zero-order chi connectivity index (χ0) is 10.7. The van der Waals surface area contributed by atoms with Gasteiger partial charge in [-0.1, -0.05) is 12.8 Å². The summed E-state index contributed by atoms with van der Waals surface area (Å²) in [6.45, 7) is 0. The highest BCUT2D eigenvalue weighted by atomic mass is 16.3. The van der Waals surface area contributed by atoms with Gasteiger partial charge in [0.15, 0.2) is 0 Å². The lowest BCUT2D eigenvalue weighted by molar-refractivity contribution is 0.106. The second-order valence-electron chi connectivity index (χ2n) is 4.24. The van der Waals surface area contributed by atoms with Gasteiger partial charge in [0.1, 0.15) is 0 Å². The van der Waals surface area contributed by atoms with Crippen molar-refractivity contribution in [3.63, 3.8) is 0 Å². The van der Waals surface area contributed by atoms with E-state index in [1.54, 1.807) is 12.4 Å². The molecule has 0 amide bonds. The quantitative estimate of drug-likeness (QED) is 0.802. The summed E-state index contributed by atoms with van der Waals surface area (Å²) in [5.74, 6) is 0. The molecule has 82 valence electrons. The lowest BCUT2D eigenvalue weighted by Crippen LogP contribution is -2.43. The molecule has 0 spiro atoms. The first-order chi connectivity index (χ1) is 7.29. The van der Waals surface area contributed by atoms with Crippen LogP contribution in [0.4, 0.5) is 5.69 Å². The van der Waals surface area contributed by atoms with Crippen LogP contribution >= 0.6 is 0 Å². The van der Waals surface area contributed by atoms with Gasteiger partial charge in [-0.15, -0.1) is 0 Å². The van der Waals surface area contributed by atoms with Crippen LogP contribution in [0.2, 0.25) is 0 Å². The van der Waals surface area contributed by atoms with Crippen molar-refractivity contribution in [1.29, 1.82) is 0 Å². The first-order valence-electron chi connectivity index (χ1n) is 5.60. The lowest BCUT2D eigenvalue weighted by atomic mass is 9.91. The van der Waals surface area contributed by atoms with Crippen molar-refractivity contribution in [2.45, 2.75) is 37.8 Å². The van der Waals surface area contributed by atoms with E-state index in [4.69, 9.17) is 0 Å². The van der Waals surface area contributed by atoms with Crippen molar-refractivity contribution in [3.8, 4) is 0 Å². The van der Waals surface area contributed by atoms with Gasteiger partial charge in [-0.05, 0) is 25.0 Å². The van der Waals surface area contributed by atoms with Gasteiger partial charge in [0.2, 0.25) is 0 Å². The molecule has 1 saturated carbocycles. The second kappa shape index (κ2) is 4.62. The molecule has 0 saturated heterocycles. The Hall–Kier alpha value is -1.09. The maximum absolute atomic E-state index is 9.94. The molecule has 1 N–H and O–H groups in total. The number of hydrogen-bond donors (Lipinski definition) is 1. The minimum absolute atomic E-state index is 0.183. The summed E-state index contributed by atoms with van der Waals surface area (Å²) in [4.78, 5) is 6.17. The highest BCUT2D eigenvalue weighted by Crippen LogP contribution is 2.25. The third-order valence-electron chi connectivity index (χ3n) is 3.26. The van der Waals surface area contributed by atoms with Crippen LogP contribution in [-0.4, -0.2) is 29.3 Å². The first kappa shape index (κ1) is 10.4. The summed E-state index contributed by atoms with van der Waals surface area (Å²) in [6, 6.07) is 4.24. The smallest absolute Gasteiger partial charge is 0.0743 e. The summed E-state index contributed by atoms with van der Waals surface area (Å²) in [6.07, 6.45) is 7.79. The van der Waals surface area contributed by atoms with Crippen LogP contribution in [0.5, 0.6) is 0 Å². The van der Waals surface area contributed by atoms with Crippen molar-refractivity contribution in [3.05, 3.63) is 24.5 Å². The normalized spacial score (nSPS) is 26.3. The highest BCUT2D eigenvalue weighted by Gasteiger charge is 2.26. The number of hydrogen-bond acceptors (Lipinski definition) is 3. The number of likely N-dealkylation sites (N-methyl/N-ethyl adjacent to an activating group) is 1. The molecule has 0 aromatic carbocycles. The van der Waals surface area contributed by atoms with Gasteiger partial charge in [-0.2, -0.15) is 0 Å². The topological polar surface area (TPSA) is 36.4 Å². The van der Waals surface area contributed by atoms with Crippen molar-refractivity contribution in [2.75, 3.05) is 11.9 Å². The molecule has 15 heavy (non-hydrogen) atoms. The number of anilines is 1. The Morgan fingerprint density at radius 2 is 1.93 bits per heavy atom. The maximum atomic E-state index is 9.94. The van der Waals surface area contributed by atoms with Gasteiger partial charge in [0, 0.05) is 25.1 Å². The highest BCUT2D eigenvalue weighted by molar-refractivity contribution is 5.45. The lowest BCUT2D eigenvalue weighted by Gasteiger charge is -2.36. The van der Waals surface area contributed by atoms with Crippen LogP contribution in [0.25, 0.3) is 0 Å². The summed E-state index contributed by atoms with van der Waals surface area (Å²) >= 11 is 0. The molecule has 2 unspecified atom stereocenters. The van der Waals surface area contributed by atoms with Crippen LogP contribution in [-0.2, 0) is 0 Å². The molecule has 2 atom stereocenters. The summed E-state index contributed by atoms with van der Waals surface area (Å²) < 4.78 is 0. The molecule has 0 bridgehead atoms. The maximum Gasteiger partial charge on any atom is 0.0743 e. The number of aliphatic hydroxyl groups is 1. The van der Waals surface area contributed by atoms with Crippen LogP contribution in [0.15, 0.2) is 24.5 Å². The van der Waals surface area contributed by atoms with Gasteiger partial charge in [-0.3, -0.25) is 4.98 Å². The van der Waals surface area contributed by atoms with Crippen LogP contribution in [0.1, 0.15) is 25.7 Å². The number of pyridine rings is 1. The standard InChI is InChI=1S/C12H18N2O/c1-14(10-6-8-13-9-7-10)11-4-2-3-5-12(11)15/h6-9,11-12,15H,2-5H2,1H3. The minimum atomic E-state index is -0.183. The molecule has 1 aliphatic carbocycles. The van der Waals surface area contributed by atoms with Crippen LogP contribution in [0, 0.1) is 0 Å². The number of rotatable bonds is 2. The summed E-state index contributed by atoms with van der Waals surface area (Å²) in [5.41, 5.74) is 1.14. The first-order valence-corrected chi connectivity index (χ1v) is 5.60. The minimum Gasteiger partial charge on any atom is -0.391 e. The molecular weight excluding hydrogens is 188 g/mol. The Balaban J connectivity index is 2.09. The van der Waals surface area contributed by atoms with Crippen LogP contribution < -0.4 is 4.90 Å². The monoisotopic (exact) mass is 206 g/mol. The largest absolute Gasteiger partial charge is 0.391 e. The van der Waals surface area contributed by atoms with Crippen LogP contribution in [0.3, 0.4) is 0 Å². The molecule has 0 aliphatic heterocycles. The second-order valence-corrected chi connectivity index (χ2v) is 4.24. The Morgan fingerprint density at radius 1 is 1.27 bits per heavy atom. The van der Waals surface area contributed by atoms with Gasteiger partial charge < -0.3 is 10.0 Å². The zero-order valence-corrected chi connectivity index (χ0v) is 9.13. The fraction of sp³-hybridized carbons (Fsp3) is 0.583. The van der Waals surface area contributed by atoms with E-state index in [1.165, 1.54) is 6.42 Å². The summed E-state index contributed by atoms with van der Waals surface area (Å²) in [7, 11) is 2.05. The average molecular weight is 206 g/mol. The molecule has 1 aromatic heterocycles. The molecule has 2 rings (SSSR count). The Bertz CT molecular complexity index is 302. The van der Waals surface area contributed by atoms with Gasteiger partial charge in [0.25, 0.3) is 0 Å². The van der Waals surface area contributed by atoms with E-state index in [0.29, 0.717) is 0 Å². The SMILES string of the molecule is CN(c1ccncc1)C1CCCCC1O. The summed E-state index contributed by atoms with van der Waals surface area (Å²) in [5, 5.41) is 9.94. The number of aromatic nitrogens is 1. The van der Waals surface area contributed by atoms with E-state index in [0.717, 1.165) is 24.9 Å². The molecule has 3 nitrogen and oxygen atoms in total. The molecule has 0 radical (unpaired) electrons. The Kier molecular flexibility index (Phi) is 3.21. The Morgan fingerprint density at radius 3 is 2.60 bits per heavy atom. The number of aliphatic hydroxyl groups excluding tert-OH is 1. The third-order valence-corrected chi connectivity index (χ3v) is 3.26. The predicted molar refractivity (Wildman–Crippen MR) is 60.9 cm³/mol.